The van der Waals surface area contributed by atoms with Crippen molar-refractivity contribution in [3.05, 3.63) is 18.2 Å². The smallest absolute Gasteiger partial charge is 0.322 e. The molecule has 0 radical (unpaired) electrons. The summed E-state index contributed by atoms with van der Waals surface area (Å²) >= 11 is 0. The van der Waals surface area contributed by atoms with Gasteiger partial charge in [-0.15, -0.1) is 0 Å². The minimum Gasteiger partial charge on any atom is -0.481 e. The first-order valence-electron chi connectivity index (χ1n) is 8.15. The van der Waals surface area contributed by atoms with E-state index in [2.05, 4.69) is 25.9 Å². The number of nitrogens with zero attached hydrogens (tertiary/aromatic N) is 1. The van der Waals surface area contributed by atoms with E-state index in [9.17, 15) is 24.0 Å². The van der Waals surface area contributed by atoms with Crippen molar-refractivity contribution < 1.29 is 34.2 Å². The minimum absolute atomic E-state index is 0.00358. The highest BCUT2D eigenvalue weighted by atomic mass is 16.4. The SMILES string of the molecule is CC(NC(=O)C(N)CC(=O)O)C(=O)NC(Cc1cnc[nH]1)C(=O)NCC(=O)O. The molecular weight excluding hydrogens is 376 g/mol. The molecule has 0 aliphatic rings. The third kappa shape index (κ3) is 7.82. The summed E-state index contributed by atoms with van der Waals surface area (Å²) < 4.78 is 0. The number of carboxylic acid groups (broad SMARTS) is 2. The normalized spacial score (nSPS) is 13.6. The Morgan fingerprint density at radius 1 is 1.11 bits per heavy atom. The van der Waals surface area contributed by atoms with Crippen molar-refractivity contribution >= 4 is 29.7 Å². The van der Waals surface area contributed by atoms with Gasteiger partial charge in [-0.3, -0.25) is 24.0 Å². The van der Waals surface area contributed by atoms with Gasteiger partial charge in [0.05, 0.1) is 18.8 Å². The second-order valence-corrected chi connectivity index (χ2v) is 5.89. The first-order chi connectivity index (χ1) is 13.1. The van der Waals surface area contributed by atoms with Crippen LogP contribution in [0.5, 0.6) is 0 Å². The third-order valence-corrected chi connectivity index (χ3v) is 3.51. The quantitative estimate of drug-likeness (QED) is 0.201. The molecule has 3 atom stereocenters. The lowest BCUT2D eigenvalue weighted by molar-refractivity contribution is -0.139. The summed E-state index contributed by atoms with van der Waals surface area (Å²) in [5, 5.41) is 24.1. The topological polar surface area (TPSA) is 217 Å². The first-order valence-corrected chi connectivity index (χ1v) is 8.15. The van der Waals surface area contributed by atoms with E-state index >= 15 is 0 Å². The lowest BCUT2D eigenvalue weighted by Gasteiger charge is -2.21. The van der Waals surface area contributed by atoms with Crippen molar-refractivity contribution in [1.82, 2.24) is 25.9 Å². The number of imidazole rings is 1. The summed E-state index contributed by atoms with van der Waals surface area (Å²) in [6, 6.07) is -3.60. The number of nitrogens with two attached hydrogens (primary N) is 1. The summed E-state index contributed by atoms with van der Waals surface area (Å²) in [6.45, 7) is 0.688. The third-order valence-electron chi connectivity index (χ3n) is 3.51. The number of hydrogen-bond donors (Lipinski definition) is 7. The molecule has 1 rings (SSSR count). The molecule has 13 heteroatoms. The van der Waals surface area contributed by atoms with Crippen molar-refractivity contribution in [3.63, 3.8) is 0 Å². The predicted molar refractivity (Wildman–Crippen MR) is 92.7 cm³/mol. The van der Waals surface area contributed by atoms with Crippen LogP contribution in [0, 0.1) is 0 Å². The van der Waals surface area contributed by atoms with Crippen molar-refractivity contribution in [2.45, 2.75) is 37.9 Å². The fraction of sp³-hybridized carbons (Fsp3) is 0.467. The van der Waals surface area contributed by atoms with Crippen LogP contribution in [0.25, 0.3) is 0 Å². The Morgan fingerprint density at radius 3 is 2.32 bits per heavy atom. The monoisotopic (exact) mass is 398 g/mol. The molecule has 1 aromatic heterocycles. The largest absolute Gasteiger partial charge is 0.481 e. The van der Waals surface area contributed by atoms with E-state index in [1.165, 1.54) is 19.4 Å². The molecule has 0 spiro atoms. The van der Waals surface area contributed by atoms with Crippen LogP contribution in [-0.2, 0) is 30.4 Å². The summed E-state index contributed by atoms with van der Waals surface area (Å²) in [5.74, 6) is -4.86. The summed E-state index contributed by atoms with van der Waals surface area (Å²) in [7, 11) is 0. The highest BCUT2D eigenvalue weighted by molar-refractivity contribution is 5.94. The van der Waals surface area contributed by atoms with Gasteiger partial charge in [0.25, 0.3) is 0 Å². The molecule has 0 saturated heterocycles. The van der Waals surface area contributed by atoms with Gasteiger partial charge in [-0.05, 0) is 6.92 Å². The molecule has 0 aliphatic carbocycles. The number of H-pyrrole nitrogens is 1. The first kappa shape index (κ1) is 22.6. The maximum Gasteiger partial charge on any atom is 0.322 e. The molecule has 28 heavy (non-hydrogen) atoms. The van der Waals surface area contributed by atoms with Gasteiger partial charge in [-0.1, -0.05) is 0 Å². The van der Waals surface area contributed by atoms with Crippen LogP contribution in [0.3, 0.4) is 0 Å². The lowest BCUT2D eigenvalue weighted by atomic mass is 10.1. The number of hydrogen-bond acceptors (Lipinski definition) is 7. The zero-order valence-electron chi connectivity index (χ0n) is 15.0. The van der Waals surface area contributed by atoms with Crippen LogP contribution in [0.2, 0.25) is 0 Å². The Morgan fingerprint density at radius 2 is 1.79 bits per heavy atom. The molecule has 0 bridgehead atoms. The van der Waals surface area contributed by atoms with Crippen molar-refractivity contribution in [2.24, 2.45) is 5.73 Å². The van der Waals surface area contributed by atoms with Crippen LogP contribution < -0.4 is 21.7 Å². The maximum absolute atomic E-state index is 12.3. The van der Waals surface area contributed by atoms with Gasteiger partial charge in [0, 0.05) is 18.3 Å². The molecule has 154 valence electrons. The molecule has 3 unspecified atom stereocenters. The number of carbonyl (C=O) groups excluding carboxylic acids is 3. The van der Waals surface area contributed by atoms with E-state index in [0.29, 0.717) is 5.69 Å². The molecule has 0 saturated carbocycles. The van der Waals surface area contributed by atoms with Gasteiger partial charge in [0.2, 0.25) is 17.7 Å². The number of aromatic nitrogens is 2. The van der Waals surface area contributed by atoms with Crippen LogP contribution in [0.4, 0.5) is 0 Å². The van der Waals surface area contributed by atoms with Crippen LogP contribution in [-0.4, -0.2) is 74.5 Å². The number of amides is 3. The van der Waals surface area contributed by atoms with E-state index in [4.69, 9.17) is 15.9 Å². The number of aromatic amines is 1. The molecule has 8 N–H and O–H groups in total. The van der Waals surface area contributed by atoms with Gasteiger partial charge in [0.15, 0.2) is 0 Å². The summed E-state index contributed by atoms with van der Waals surface area (Å²) in [6.07, 6.45) is 2.19. The molecule has 0 aromatic carbocycles. The van der Waals surface area contributed by atoms with Crippen molar-refractivity contribution in [2.75, 3.05) is 6.54 Å². The standard InChI is InChI=1S/C15H22N6O7/c1-7(20-14(27)9(16)3-11(22)23)13(26)21-10(2-8-4-17-6-19-8)15(28)18-5-12(24)25/h4,6-7,9-10H,2-3,5,16H2,1H3,(H,17,19)(H,18,28)(H,20,27)(H,21,26)(H,22,23)(H,24,25). The van der Waals surface area contributed by atoms with Crippen molar-refractivity contribution in [3.8, 4) is 0 Å². The number of rotatable bonds is 11. The Kier molecular flexibility index (Phi) is 8.55. The van der Waals surface area contributed by atoms with Gasteiger partial charge in [-0.25, -0.2) is 4.98 Å². The number of carboxylic acids is 2. The highest BCUT2D eigenvalue weighted by Crippen LogP contribution is 2.00. The van der Waals surface area contributed by atoms with Crippen LogP contribution >= 0.6 is 0 Å². The van der Waals surface area contributed by atoms with Gasteiger partial charge in [-0.2, -0.15) is 0 Å². The Labute approximate surface area is 159 Å². The van der Waals surface area contributed by atoms with E-state index in [1.807, 2.05) is 0 Å². The predicted octanol–water partition coefficient (Wildman–Crippen LogP) is -3.06. The fourth-order valence-electron chi connectivity index (χ4n) is 2.07. The van der Waals surface area contributed by atoms with E-state index < -0.39 is 60.8 Å². The highest BCUT2D eigenvalue weighted by Gasteiger charge is 2.27. The molecule has 0 fully saturated rings. The number of aliphatic carboxylic acids is 2. The van der Waals surface area contributed by atoms with Gasteiger partial charge >= 0.3 is 11.9 Å². The van der Waals surface area contributed by atoms with Crippen LogP contribution in [0.1, 0.15) is 19.0 Å². The number of nitrogens with one attached hydrogen (secondary N) is 4. The van der Waals surface area contributed by atoms with E-state index in [-0.39, 0.29) is 6.42 Å². The van der Waals surface area contributed by atoms with E-state index in [0.717, 1.165) is 0 Å². The molecular formula is C15H22N6O7. The Bertz CT molecular complexity index is 720. The molecule has 3 amide bonds. The Balaban J connectivity index is 2.72. The van der Waals surface area contributed by atoms with Gasteiger partial charge < -0.3 is 36.9 Å². The summed E-state index contributed by atoms with van der Waals surface area (Å²) in [5.41, 5.74) is 5.93. The second-order valence-electron chi connectivity index (χ2n) is 5.89. The second kappa shape index (κ2) is 10.6. The number of carbonyl (C=O) groups is 5. The van der Waals surface area contributed by atoms with E-state index in [1.54, 1.807) is 0 Å². The molecule has 1 heterocycles. The average molecular weight is 398 g/mol. The average Bonchev–Trinajstić information content (AvgIpc) is 3.11. The summed E-state index contributed by atoms with van der Waals surface area (Å²) in [4.78, 5) is 64.0. The maximum atomic E-state index is 12.3. The minimum atomic E-state index is -1.34. The molecule has 0 aliphatic heterocycles. The molecule has 1 aromatic rings. The zero-order valence-corrected chi connectivity index (χ0v) is 15.0. The lowest BCUT2D eigenvalue weighted by Crippen LogP contribution is -2.55. The fourth-order valence-corrected chi connectivity index (χ4v) is 2.07. The van der Waals surface area contributed by atoms with Crippen LogP contribution in [0.15, 0.2) is 12.5 Å². The van der Waals surface area contributed by atoms with Gasteiger partial charge in [0.1, 0.15) is 18.6 Å². The zero-order chi connectivity index (χ0) is 21.3. The Hall–Kier alpha value is -3.48. The molecule has 13 nitrogen and oxygen atoms in total. The van der Waals surface area contributed by atoms with Crippen molar-refractivity contribution in [1.29, 1.82) is 0 Å².